The molecule has 2 N–H and O–H groups in total. The minimum absolute atomic E-state index is 0.217. The molecule has 0 aliphatic rings. The van der Waals surface area contributed by atoms with Crippen LogP contribution in [0, 0.1) is 0 Å². The van der Waals surface area contributed by atoms with Crippen molar-refractivity contribution < 1.29 is 23.9 Å². The first-order chi connectivity index (χ1) is 16.0. The molecule has 4 aromatic heterocycles. The molecule has 0 bridgehead atoms. The van der Waals surface area contributed by atoms with E-state index in [1.807, 2.05) is 34.3 Å². The van der Waals surface area contributed by atoms with E-state index in [4.69, 9.17) is 10.5 Å². The Balaban J connectivity index is 1.90. The minimum Gasteiger partial charge on any atom is -0.480 e. The van der Waals surface area contributed by atoms with E-state index in [1.54, 1.807) is 34.8 Å². The number of aromatic nitrogens is 1. The smallest absolute Gasteiger partial charge is 0.343 e. The number of methoxy groups -OCH3 is 1. The van der Waals surface area contributed by atoms with E-state index >= 15 is 0 Å². The molecule has 0 unspecified atom stereocenters. The third-order valence-corrected chi connectivity index (χ3v) is 7.20. The van der Waals surface area contributed by atoms with Gasteiger partial charge in [0.15, 0.2) is 6.61 Å². The van der Waals surface area contributed by atoms with E-state index in [1.165, 1.54) is 12.0 Å². The number of carbonyl (C=O) groups excluding carboxylic acids is 3. The van der Waals surface area contributed by atoms with Gasteiger partial charge in [0.05, 0.1) is 18.2 Å². The molecule has 0 fully saturated rings. The summed E-state index contributed by atoms with van der Waals surface area (Å²) >= 11 is 3.31. The van der Waals surface area contributed by atoms with Crippen LogP contribution in [0.1, 0.15) is 33.4 Å². The van der Waals surface area contributed by atoms with Crippen molar-refractivity contribution in [3.05, 3.63) is 69.0 Å². The van der Waals surface area contributed by atoms with Crippen LogP contribution in [0.15, 0.2) is 47.3 Å². The Bertz CT molecular complexity index is 1330. The summed E-state index contributed by atoms with van der Waals surface area (Å²) < 4.78 is 12.2. The SMILES string of the molecule is CCc1c(C(=O)C(N)=O)c2c(OCC(=O)OC)cccn2c1Cc1sccc1-c1cccs1. The maximum atomic E-state index is 12.9. The Morgan fingerprint density at radius 1 is 1.09 bits per heavy atom. The Hall–Kier alpha value is -3.43. The zero-order valence-electron chi connectivity index (χ0n) is 18.1. The molecule has 4 aromatic rings. The average Bonchev–Trinajstić information content (AvgIpc) is 3.56. The number of primary amides is 1. The summed E-state index contributed by atoms with van der Waals surface area (Å²) in [6.45, 7) is 1.61. The molecule has 7 nitrogen and oxygen atoms in total. The minimum atomic E-state index is -1.04. The van der Waals surface area contributed by atoms with Crippen LogP contribution >= 0.6 is 22.7 Å². The molecule has 1 amide bonds. The fourth-order valence-corrected chi connectivity index (χ4v) is 5.66. The van der Waals surface area contributed by atoms with E-state index in [9.17, 15) is 14.4 Å². The molecule has 4 heterocycles. The highest BCUT2D eigenvalue weighted by Gasteiger charge is 2.28. The fourth-order valence-electron chi connectivity index (χ4n) is 3.92. The number of fused-ring (bicyclic) bond motifs is 1. The van der Waals surface area contributed by atoms with Gasteiger partial charge < -0.3 is 19.6 Å². The maximum absolute atomic E-state index is 12.9. The molecule has 0 aromatic carbocycles. The lowest BCUT2D eigenvalue weighted by atomic mass is 10.00. The highest BCUT2D eigenvalue weighted by molar-refractivity contribution is 7.14. The number of carbonyl (C=O) groups is 3. The van der Waals surface area contributed by atoms with Crippen LogP contribution in [-0.4, -0.2) is 35.8 Å². The number of pyridine rings is 1. The molecule has 0 atom stereocenters. The van der Waals surface area contributed by atoms with Gasteiger partial charge in [-0.3, -0.25) is 9.59 Å². The highest BCUT2D eigenvalue weighted by Crippen LogP contribution is 2.37. The standard InChI is InChI=1S/C24H22N2O5S2/c1-3-14-16(12-19-15(8-11-33-19)18-7-5-10-32-18)26-9-4-6-17(31-13-20(27)30-2)22(26)21(14)23(28)24(25)29/h4-11H,3,12-13H2,1-2H3,(H2,25,29). The first kappa shape index (κ1) is 22.8. The van der Waals surface area contributed by atoms with Gasteiger partial charge in [0.25, 0.3) is 11.7 Å². The number of Topliss-reactive ketones (excluding diaryl/α,β-unsaturated/α-hetero) is 1. The lowest BCUT2D eigenvalue weighted by Crippen LogP contribution is -2.24. The number of esters is 1. The number of ketones is 1. The molecule has 0 aliphatic heterocycles. The van der Waals surface area contributed by atoms with Gasteiger partial charge in [-0.2, -0.15) is 0 Å². The summed E-state index contributed by atoms with van der Waals surface area (Å²) in [5, 5.41) is 4.08. The first-order valence-electron chi connectivity index (χ1n) is 10.2. The Kier molecular flexibility index (Phi) is 6.62. The Labute approximate surface area is 198 Å². The second kappa shape index (κ2) is 9.60. The largest absolute Gasteiger partial charge is 0.480 e. The third kappa shape index (κ3) is 4.29. The van der Waals surface area contributed by atoms with E-state index in [0.29, 0.717) is 24.1 Å². The number of nitrogens with zero attached hydrogens (tertiary/aromatic N) is 1. The van der Waals surface area contributed by atoms with Gasteiger partial charge in [-0.1, -0.05) is 13.0 Å². The number of amides is 1. The normalized spacial score (nSPS) is 11.0. The van der Waals surface area contributed by atoms with Crippen molar-refractivity contribution in [1.82, 2.24) is 4.40 Å². The molecule has 9 heteroatoms. The van der Waals surface area contributed by atoms with Crippen molar-refractivity contribution in [1.29, 1.82) is 0 Å². The van der Waals surface area contributed by atoms with Crippen molar-refractivity contribution in [2.24, 2.45) is 5.73 Å². The second-order valence-corrected chi connectivity index (χ2v) is 9.16. The molecular weight excluding hydrogens is 460 g/mol. The van der Waals surface area contributed by atoms with Crippen LogP contribution in [0.4, 0.5) is 0 Å². The van der Waals surface area contributed by atoms with Crippen LogP contribution in [0.25, 0.3) is 16.0 Å². The lowest BCUT2D eigenvalue weighted by Gasteiger charge is -2.10. The topological polar surface area (TPSA) is 100 Å². The van der Waals surface area contributed by atoms with Gasteiger partial charge in [0.1, 0.15) is 5.75 Å². The summed E-state index contributed by atoms with van der Waals surface area (Å²) in [4.78, 5) is 38.8. The monoisotopic (exact) mass is 482 g/mol. The number of rotatable bonds is 9. The number of ether oxygens (including phenoxy) is 2. The van der Waals surface area contributed by atoms with Crippen LogP contribution in [0.5, 0.6) is 5.75 Å². The van der Waals surface area contributed by atoms with Crippen LogP contribution in [-0.2, 0) is 27.2 Å². The number of thiophene rings is 2. The summed E-state index contributed by atoms with van der Waals surface area (Å²) in [5.41, 5.74) is 8.80. The van der Waals surface area contributed by atoms with E-state index in [0.717, 1.165) is 21.7 Å². The molecule has 4 rings (SSSR count). The number of hydrogen-bond acceptors (Lipinski definition) is 7. The Morgan fingerprint density at radius 2 is 1.91 bits per heavy atom. The summed E-state index contributed by atoms with van der Waals surface area (Å²) in [5.74, 6) is -2.07. The van der Waals surface area contributed by atoms with Crippen molar-refractivity contribution in [3.8, 4) is 16.2 Å². The summed E-state index contributed by atoms with van der Waals surface area (Å²) in [6.07, 6.45) is 2.90. The lowest BCUT2D eigenvalue weighted by molar-refractivity contribution is -0.142. The van der Waals surface area contributed by atoms with E-state index < -0.39 is 17.7 Å². The fraction of sp³-hybridized carbons (Fsp3) is 0.208. The van der Waals surface area contributed by atoms with Crippen molar-refractivity contribution >= 4 is 45.9 Å². The predicted molar refractivity (Wildman–Crippen MR) is 128 cm³/mol. The third-order valence-electron chi connectivity index (χ3n) is 5.37. The first-order valence-corrected chi connectivity index (χ1v) is 12.0. The van der Waals surface area contributed by atoms with E-state index in [2.05, 4.69) is 16.9 Å². The van der Waals surface area contributed by atoms with E-state index in [-0.39, 0.29) is 12.2 Å². The number of hydrogen-bond donors (Lipinski definition) is 1. The van der Waals surface area contributed by atoms with Crippen molar-refractivity contribution in [3.63, 3.8) is 0 Å². The molecular formula is C24H22N2O5S2. The maximum Gasteiger partial charge on any atom is 0.343 e. The highest BCUT2D eigenvalue weighted by atomic mass is 32.1. The summed E-state index contributed by atoms with van der Waals surface area (Å²) in [6, 6.07) is 9.61. The van der Waals surface area contributed by atoms with Crippen LogP contribution in [0.3, 0.4) is 0 Å². The quantitative estimate of drug-likeness (QED) is 0.220. The second-order valence-electron chi connectivity index (χ2n) is 7.21. The van der Waals surface area contributed by atoms with Crippen LogP contribution < -0.4 is 10.5 Å². The van der Waals surface area contributed by atoms with Gasteiger partial charge in [0, 0.05) is 33.6 Å². The molecule has 0 aliphatic carbocycles. The summed E-state index contributed by atoms with van der Waals surface area (Å²) in [7, 11) is 1.27. The molecule has 0 spiro atoms. The van der Waals surface area contributed by atoms with Crippen molar-refractivity contribution in [2.45, 2.75) is 19.8 Å². The predicted octanol–water partition coefficient (Wildman–Crippen LogP) is 4.10. The molecule has 0 saturated carbocycles. The van der Waals surface area contributed by atoms with Gasteiger partial charge in [-0.25, -0.2) is 4.79 Å². The van der Waals surface area contributed by atoms with Crippen LogP contribution in [0.2, 0.25) is 0 Å². The average molecular weight is 483 g/mol. The molecule has 0 saturated heterocycles. The molecule has 0 radical (unpaired) electrons. The van der Waals surface area contributed by atoms with Crippen molar-refractivity contribution in [2.75, 3.05) is 13.7 Å². The Morgan fingerprint density at radius 3 is 2.58 bits per heavy atom. The van der Waals surface area contributed by atoms with Gasteiger partial charge >= 0.3 is 5.97 Å². The van der Waals surface area contributed by atoms with Gasteiger partial charge in [-0.15, -0.1) is 22.7 Å². The molecule has 33 heavy (non-hydrogen) atoms. The zero-order chi connectivity index (χ0) is 23.5. The van der Waals surface area contributed by atoms with Gasteiger partial charge in [-0.05, 0) is 47.0 Å². The molecule has 170 valence electrons. The van der Waals surface area contributed by atoms with Gasteiger partial charge in [0.2, 0.25) is 0 Å². The number of nitrogens with two attached hydrogens (primary N) is 1. The zero-order valence-corrected chi connectivity index (χ0v) is 19.8.